The second kappa shape index (κ2) is 7.62. The van der Waals surface area contributed by atoms with Crippen molar-refractivity contribution in [3.8, 4) is 5.69 Å². The molecule has 1 amide bonds. The number of allylic oxidation sites excluding steroid dienone is 1. The average molecular weight is 379 g/mol. The number of carbonyl (C=O) groups excluding carboxylic acids is 2. The van der Waals surface area contributed by atoms with Crippen LogP contribution in [0.2, 0.25) is 0 Å². The standard InChI is InChI=1S/C22H25N3O3/c1-3-28-22(27)20-15(2)8-9-17-13-24(14-19(17)20)21(26)16-6-4-7-18(12-16)25-11-5-10-23-25/h4-12,15,17,19-20H,3,13-14H2,1-2H3/t15-,17-,19-,20-/m0/s1. The lowest BCUT2D eigenvalue weighted by Crippen LogP contribution is -2.37. The number of amides is 1. The first-order valence-corrected chi connectivity index (χ1v) is 9.82. The van der Waals surface area contributed by atoms with Gasteiger partial charge in [0.15, 0.2) is 0 Å². The van der Waals surface area contributed by atoms with E-state index in [9.17, 15) is 9.59 Å². The van der Waals surface area contributed by atoms with Gasteiger partial charge < -0.3 is 9.64 Å². The summed E-state index contributed by atoms with van der Waals surface area (Å²) < 4.78 is 7.05. The predicted octanol–water partition coefficient (Wildman–Crippen LogP) is 2.95. The van der Waals surface area contributed by atoms with Gasteiger partial charge in [0.1, 0.15) is 0 Å². The van der Waals surface area contributed by atoms with Crippen LogP contribution in [-0.2, 0) is 9.53 Å². The first-order chi connectivity index (χ1) is 13.6. The zero-order valence-electron chi connectivity index (χ0n) is 16.2. The number of rotatable bonds is 4. The minimum atomic E-state index is -0.192. The highest BCUT2D eigenvalue weighted by Crippen LogP contribution is 2.40. The first kappa shape index (κ1) is 18.5. The molecule has 146 valence electrons. The molecule has 0 saturated carbocycles. The molecular weight excluding hydrogens is 354 g/mol. The number of hydrogen-bond donors (Lipinski definition) is 0. The van der Waals surface area contributed by atoms with Crippen LogP contribution in [0.5, 0.6) is 0 Å². The van der Waals surface area contributed by atoms with Crippen LogP contribution in [0.4, 0.5) is 0 Å². The maximum atomic E-state index is 13.2. The Hall–Kier alpha value is -2.89. The molecule has 6 nitrogen and oxygen atoms in total. The molecule has 1 aliphatic heterocycles. The summed E-state index contributed by atoms with van der Waals surface area (Å²) in [4.78, 5) is 27.5. The smallest absolute Gasteiger partial charge is 0.309 e. The molecular formula is C22H25N3O3. The Balaban J connectivity index is 1.54. The Morgan fingerprint density at radius 2 is 2.07 bits per heavy atom. The maximum Gasteiger partial charge on any atom is 0.309 e. The van der Waals surface area contributed by atoms with Crippen molar-refractivity contribution >= 4 is 11.9 Å². The summed E-state index contributed by atoms with van der Waals surface area (Å²) in [5.41, 5.74) is 1.49. The van der Waals surface area contributed by atoms with Gasteiger partial charge in [-0.2, -0.15) is 5.10 Å². The van der Waals surface area contributed by atoms with Gasteiger partial charge >= 0.3 is 5.97 Å². The Kier molecular flexibility index (Phi) is 5.03. The molecule has 1 aromatic heterocycles. The fourth-order valence-electron chi connectivity index (χ4n) is 4.44. The zero-order chi connectivity index (χ0) is 19.7. The van der Waals surface area contributed by atoms with Crippen molar-refractivity contribution in [2.45, 2.75) is 13.8 Å². The Bertz CT molecular complexity index is 890. The van der Waals surface area contributed by atoms with Crippen molar-refractivity contribution in [1.29, 1.82) is 0 Å². The monoisotopic (exact) mass is 379 g/mol. The largest absolute Gasteiger partial charge is 0.466 e. The minimum absolute atomic E-state index is 0.00734. The zero-order valence-corrected chi connectivity index (χ0v) is 16.2. The van der Waals surface area contributed by atoms with Gasteiger partial charge in [-0.3, -0.25) is 9.59 Å². The number of esters is 1. The van der Waals surface area contributed by atoms with E-state index >= 15 is 0 Å². The van der Waals surface area contributed by atoms with Gasteiger partial charge in [-0.1, -0.05) is 25.1 Å². The number of ether oxygens (including phenoxy) is 1. The molecule has 1 aliphatic carbocycles. The number of aromatic nitrogens is 2. The predicted molar refractivity (Wildman–Crippen MR) is 105 cm³/mol. The van der Waals surface area contributed by atoms with Crippen LogP contribution in [0.25, 0.3) is 5.69 Å². The second-order valence-corrected chi connectivity index (χ2v) is 7.56. The number of hydrogen-bond acceptors (Lipinski definition) is 4. The molecule has 28 heavy (non-hydrogen) atoms. The molecule has 0 N–H and O–H groups in total. The van der Waals surface area contributed by atoms with Crippen LogP contribution in [0, 0.1) is 23.7 Å². The Morgan fingerprint density at radius 1 is 1.21 bits per heavy atom. The molecule has 4 atom stereocenters. The van der Waals surface area contributed by atoms with E-state index in [1.807, 2.05) is 55.3 Å². The van der Waals surface area contributed by atoms with Gasteiger partial charge in [0, 0.05) is 31.0 Å². The van der Waals surface area contributed by atoms with Crippen molar-refractivity contribution in [3.63, 3.8) is 0 Å². The van der Waals surface area contributed by atoms with E-state index in [2.05, 4.69) is 17.3 Å². The third kappa shape index (κ3) is 3.35. The number of carbonyl (C=O) groups is 2. The molecule has 1 fully saturated rings. The van der Waals surface area contributed by atoms with Gasteiger partial charge in [0.25, 0.3) is 5.91 Å². The quantitative estimate of drug-likeness (QED) is 0.605. The van der Waals surface area contributed by atoms with Gasteiger partial charge in [-0.05, 0) is 48.9 Å². The summed E-state index contributed by atoms with van der Waals surface area (Å²) >= 11 is 0. The fraction of sp³-hybridized carbons (Fsp3) is 0.409. The molecule has 1 saturated heterocycles. The Labute approximate surface area is 164 Å². The number of nitrogens with zero attached hydrogens (tertiary/aromatic N) is 3. The normalized spacial score (nSPS) is 26.1. The van der Waals surface area contributed by atoms with Gasteiger partial charge in [0.2, 0.25) is 0 Å². The van der Waals surface area contributed by atoms with Crippen LogP contribution in [0.3, 0.4) is 0 Å². The number of likely N-dealkylation sites (tertiary alicyclic amines) is 1. The highest BCUT2D eigenvalue weighted by Gasteiger charge is 2.46. The van der Waals surface area contributed by atoms with E-state index in [0.29, 0.717) is 25.3 Å². The second-order valence-electron chi connectivity index (χ2n) is 7.56. The van der Waals surface area contributed by atoms with Crippen LogP contribution < -0.4 is 0 Å². The molecule has 0 unspecified atom stereocenters. The van der Waals surface area contributed by atoms with Crippen molar-refractivity contribution < 1.29 is 14.3 Å². The molecule has 6 heteroatoms. The molecule has 0 radical (unpaired) electrons. The summed E-state index contributed by atoms with van der Waals surface area (Å²) in [6.45, 7) is 5.47. The highest BCUT2D eigenvalue weighted by atomic mass is 16.5. The number of benzene rings is 1. The molecule has 2 heterocycles. The van der Waals surface area contributed by atoms with Gasteiger partial charge in [-0.25, -0.2) is 4.68 Å². The van der Waals surface area contributed by atoms with Crippen molar-refractivity contribution in [2.24, 2.45) is 23.7 Å². The molecule has 2 aliphatic rings. The van der Waals surface area contributed by atoms with E-state index in [0.717, 1.165) is 5.69 Å². The van der Waals surface area contributed by atoms with Crippen molar-refractivity contribution in [1.82, 2.24) is 14.7 Å². The minimum Gasteiger partial charge on any atom is -0.466 e. The maximum absolute atomic E-state index is 13.2. The topological polar surface area (TPSA) is 64.4 Å². The molecule has 0 spiro atoms. The number of fused-ring (bicyclic) bond motifs is 1. The van der Waals surface area contributed by atoms with Gasteiger partial charge in [-0.15, -0.1) is 0 Å². The third-order valence-electron chi connectivity index (χ3n) is 5.81. The van der Waals surface area contributed by atoms with Crippen LogP contribution in [0.15, 0.2) is 54.9 Å². The van der Waals surface area contributed by atoms with Crippen LogP contribution >= 0.6 is 0 Å². The van der Waals surface area contributed by atoms with Crippen molar-refractivity contribution in [2.75, 3.05) is 19.7 Å². The molecule has 1 aromatic carbocycles. The third-order valence-corrected chi connectivity index (χ3v) is 5.81. The van der Waals surface area contributed by atoms with Crippen molar-refractivity contribution in [3.05, 3.63) is 60.4 Å². The van der Waals surface area contributed by atoms with E-state index in [-0.39, 0.29) is 35.5 Å². The molecule has 4 rings (SSSR count). The molecule has 2 aromatic rings. The summed E-state index contributed by atoms with van der Waals surface area (Å²) in [6.07, 6.45) is 7.82. The van der Waals surface area contributed by atoms with E-state index in [4.69, 9.17) is 4.74 Å². The first-order valence-electron chi connectivity index (χ1n) is 9.82. The molecule has 0 bridgehead atoms. The summed E-state index contributed by atoms with van der Waals surface area (Å²) in [5, 5.41) is 4.23. The van der Waals surface area contributed by atoms with E-state index in [1.165, 1.54) is 0 Å². The van der Waals surface area contributed by atoms with E-state index < -0.39 is 0 Å². The lowest BCUT2D eigenvalue weighted by atomic mass is 9.72. The van der Waals surface area contributed by atoms with Crippen LogP contribution in [0.1, 0.15) is 24.2 Å². The highest BCUT2D eigenvalue weighted by molar-refractivity contribution is 5.95. The lowest BCUT2D eigenvalue weighted by Gasteiger charge is -2.31. The summed E-state index contributed by atoms with van der Waals surface area (Å²) in [7, 11) is 0. The fourth-order valence-corrected chi connectivity index (χ4v) is 4.44. The average Bonchev–Trinajstić information content (AvgIpc) is 3.37. The SMILES string of the molecule is CCOC(=O)[C@@H]1[C@H]2CN(C(=O)c3cccc(-n4cccn4)c3)C[C@@H]2C=C[C@@H]1C. The lowest BCUT2D eigenvalue weighted by molar-refractivity contribution is -0.152. The van der Waals surface area contributed by atoms with Gasteiger partial charge in [0.05, 0.1) is 18.2 Å². The Morgan fingerprint density at radius 3 is 2.82 bits per heavy atom. The van der Waals surface area contributed by atoms with E-state index in [1.54, 1.807) is 10.9 Å². The summed E-state index contributed by atoms with van der Waals surface area (Å²) in [5.74, 6) is 0.0826. The summed E-state index contributed by atoms with van der Waals surface area (Å²) in [6, 6.07) is 9.34. The van der Waals surface area contributed by atoms with Crippen LogP contribution in [-0.4, -0.2) is 46.3 Å².